The molecule has 4 N–H and O–H groups in total. The fourth-order valence-electron chi connectivity index (χ4n) is 5.67. The number of nitrogens with one attached hydrogen (secondary N) is 1. The average molecular weight is 711 g/mol. The fourth-order valence-corrected chi connectivity index (χ4v) is 6.91. The summed E-state index contributed by atoms with van der Waals surface area (Å²) in [6.45, 7) is 4.19. The SMILES string of the molecule is CCn1nc(C)cc1C(=O)Nc1nc2cc(C(N)=O)cc(OC)c2n1C/C=C/Cc1c(C(F)(F)CCC(=O)O)sc2cc(OC)c(OC)cc12. The van der Waals surface area contributed by atoms with Crippen LogP contribution in [0.15, 0.2) is 42.5 Å². The van der Waals surface area contributed by atoms with Crippen molar-refractivity contribution >= 4 is 56.2 Å². The van der Waals surface area contributed by atoms with Crippen LogP contribution < -0.4 is 25.3 Å². The fraction of sp³-hybridized carbons (Fsp3) is 0.324. The van der Waals surface area contributed by atoms with E-state index in [4.69, 9.17) is 25.1 Å². The van der Waals surface area contributed by atoms with Gasteiger partial charge in [-0.15, -0.1) is 11.3 Å². The largest absolute Gasteiger partial charge is 0.494 e. The summed E-state index contributed by atoms with van der Waals surface area (Å²) in [5.74, 6) is -4.76. The molecule has 3 heterocycles. The molecule has 0 unspecified atom stereocenters. The zero-order valence-electron chi connectivity index (χ0n) is 28.0. The molecular weight excluding hydrogens is 674 g/mol. The van der Waals surface area contributed by atoms with Crippen LogP contribution >= 0.6 is 11.3 Å². The highest BCUT2D eigenvalue weighted by atomic mass is 32.1. The number of anilines is 1. The van der Waals surface area contributed by atoms with Gasteiger partial charge in [-0.05, 0) is 50.1 Å². The van der Waals surface area contributed by atoms with Gasteiger partial charge in [-0.2, -0.15) is 5.10 Å². The van der Waals surface area contributed by atoms with Crippen LogP contribution in [-0.4, -0.2) is 63.6 Å². The molecule has 264 valence electrons. The molecule has 0 fully saturated rings. The molecule has 0 bridgehead atoms. The molecule has 0 aliphatic carbocycles. The molecule has 16 heteroatoms. The number of alkyl halides is 2. The number of aromatic nitrogens is 4. The predicted octanol–water partition coefficient (Wildman–Crippen LogP) is 5.91. The Morgan fingerprint density at radius 1 is 1.04 bits per heavy atom. The molecule has 0 spiro atoms. The highest BCUT2D eigenvalue weighted by Crippen LogP contribution is 2.47. The molecule has 0 saturated heterocycles. The van der Waals surface area contributed by atoms with Crippen LogP contribution in [0.5, 0.6) is 17.2 Å². The zero-order chi connectivity index (χ0) is 36.3. The number of benzene rings is 2. The highest BCUT2D eigenvalue weighted by Gasteiger charge is 2.37. The quantitative estimate of drug-likeness (QED) is 0.112. The number of primary amides is 1. The second kappa shape index (κ2) is 14.5. The number of allylic oxidation sites excluding steroid dienone is 2. The summed E-state index contributed by atoms with van der Waals surface area (Å²) in [4.78, 5) is 41.0. The number of imidazole rings is 1. The lowest BCUT2D eigenvalue weighted by molar-refractivity contribution is -0.139. The van der Waals surface area contributed by atoms with E-state index in [1.807, 2.05) is 6.92 Å². The number of hydrogen-bond acceptors (Lipinski definition) is 9. The van der Waals surface area contributed by atoms with Crippen molar-refractivity contribution in [3.05, 3.63) is 69.9 Å². The van der Waals surface area contributed by atoms with Gasteiger partial charge in [-0.3, -0.25) is 24.4 Å². The van der Waals surface area contributed by atoms with Crippen LogP contribution in [-0.2, 0) is 30.2 Å². The van der Waals surface area contributed by atoms with Gasteiger partial charge in [0.2, 0.25) is 11.9 Å². The van der Waals surface area contributed by atoms with Gasteiger partial charge in [0, 0.05) is 41.2 Å². The first kappa shape index (κ1) is 35.8. The predicted molar refractivity (Wildman–Crippen MR) is 184 cm³/mol. The molecule has 13 nitrogen and oxygen atoms in total. The van der Waals surface area contributed by atoms with Crippen LogP contribution in [0.1, 0.15) is 56.7 Å². The molecule has 0 aliphatic rings. The summed E-state index contributed by atoms with van der Waals surface area (Å²) in [7, 11) is 4.31. The average Bonchev–Trinajstić information content (AvgIpc) is 3.76. The second-order valence-corrected chi connectivity index (χ2v) is 12.3. The standard InChI is InChI=1S/C34H36F2N6O7S/c1-6-42-23(13-18(2)40-42)32(46)39-33-38-22-14-19(31(37)45)15-26(49-5)29(22)41(33)12-8-7-9-20-21-16-24(47-3)25(48-4)17-27(21)50-30(20)34(35,36)11-10-28(43)44/h7-8,13-17H,6,9-12H2,1-5H3,(H2,37,45)(H,43,44)(H,38,39,46)/b8-7+. The molecular formula is C34H36F2N6O7S. The van der Waals surface area contributed by atoms with E-state index in [2.05, 4.69) is 15.4 Å². The number of nitrogens with two attached hydrogens (primary N) is 1. The number of carbonyl (C=O) groups is 3. The van der Waals surface area contributed by atoms with Gasteiger partial charge in [0.05, 0.1) is 43.8 Å². The second-order valence-electron chi connectivity index (χ2n) is 11.3. The van der Waals surface area contributed by atoms with Gasteiger partial charge < -0.3 is 29.6 Å². The van der Waals surface area contributed by atoms with Gasteiger partial charge >= 0.3 is 5.97 Å². The van der Waals surface area contributed by atoms with E-state index >= 15 is 8.78 Å². The van der Waals surface area contributed by atoms with E-state index < -0.39 is 36.5 Å². The minimum atomic E-state index is -3.42. The van der Waals surface area contributed by atoms with Gasteiger partial charge in [0.15, 0.2) is 11.5 Å². The number of fused-ring (bicyclic) bond motifs is 2. The van der Waals surface area contributed by atoms with Crippen LogP contribution in [0.4, 0.5) is 14.7 Å². The number of thiophene rings is 1. The summed E-state index contributed by atoms with van der Waals surface area (Å²) in [5, 5.41) is 16.8. The van der Waals surface area contributed by atoms with E-state index in [0.29, 0.717) is 56.1 Å². The molecule has 2 amide bonds. The molecule has 50 heavy (non-hydrogen) atoms. The number of nitrogens with zero attached hydrogens (tertiary/aromatic N) is 4. The summed E-state index contributed by atoms with van der Waals surface area (Å²) < 4.78 is 51.3. The number of ether oxygens (including phenoxy) is 3. The van der Waals surface area contributed by atoms with Crippen LogP contribution in [0.3, 0.4) is 0 Å². The lowest BCUT2D eigenvalue weighted by atomic mass is 10.0. The molecule has 0 aliphatic heterocycles. The van der Waals surface area contributed by atoms with Crippen LogP contribution in [0, 0.1) is 6.92 Å². The van der Waals surface area contributed by atoms with Gasteiger partial charge in [0.25, 0.3) is 11.8 Å². The monoisotopic (exact) mass is 710 g/mol. The number of halogens is 2. The van der Waals surface area contributed by atoms with E-state index in [9.17, 15) is 14.4 Å². The molecule has 0 saturated carbocycles. The summed E-state index contributed by atoms with van der Waals surface area (Å²) in [6.07, 6.45) is 1.91. The van der Waals surface area contributed by atoms with E-state index in [0.717, 1.165) is 11.3 Å². The maximum Gasteiger partial charge on any atom is 0.303 e. The third-order valence-electron chi connectivity index (χ3n) is 8.03. The summed E-state index contributed by atoms with van der Waals surface area (Å²) in [6, 6.07) is 7.86. The van der Waals surface area contributed by atoms with Crippen molar-refractivity contribution in [2.24, 2.45) is 5.73 Å². The maximum atomic E-state index is 15.6. The minimum absolute atomic E-state index is 0.0553. The van der Waals surface area contributed by atoms with E-state index in [1.54, 1.807) is 46.5 Å². The normalized spacial score (nSPS) is 11.8. The Balaban J connectivity index is 1.55. The number of rotatable bonds is 15. The van der Waals surface area contributed by atoms with Gasteiger partial charge in [-0.1, -0.05) is 12.2 Å². The molecule has 3 aromatic heterocycles. The molecule has 5 aromatic rings. The van der Waals surface area contributed by atoms with E-state index in [1.165, 1.54) is 33.5 Å². The van der Waals surface area contributed by atoms with Crippen molar-refractivity contribution in [1.82, 2.24) is 19.3 Å². The lowest BCUT2D eigenvalue weighted by Crippen LogP contribution is -2.20. The number of carboxylic acids is 1. The van der Waals surface area contributed by atoms with Crippen molar-refractivity contribution in [2.45, 2.75) is 52.1 Å². The number of aliphatic carboxylic acids is 1. The third kappa shape index (κ3) is 7.10. The number of aryl methyl sites for hydroxylation is 2. The topological polar surface area (TPSA) is 173 Å². The first-order chi connectivity index (χ1) is 23.8. The molecule has 0 atom stereocenters. The Morgan fingerprint density at radius 2 is 1.74 bits per heavy atom. The molecule has 0 radical (unpaired) electrons. The third-order valence-corrected chi connectivity index (χ3v) is 9.34. The number of carboxylic acid groups (broad SMARTS) is 1. The summed E-state index contributed by atoms with van der Waals surface area (Å²) in [5.41, 5.74) is 7.77. The van der Waals surface area contributed by atoms with Crippen molar-refractivity contribution in [3.8, 4) is 17.2 Å². The van der Waals surface area contributed by atoms with Crippen molar-refractivity contribution in [2.75, 3.05) is 26.6 Å². The number of amides is 2. The summed E-state index contributed by atoms with van der Waals surface area (Å²) >= 11 is 0.873. The smallest absolute Gasteiger partial charge is 0.303 e. The van der Waals surface area contributed by atoms with Gasteiger partial charge in [-0.25, -0.2) is 13.8 Å². The van der Waals surface area contributed by atoms with Crippen LogP contribution in [0.25, 0.3) is 21.1 Å². The number of carbonyl (C=O) groups excluding carboxylic acids is 2. The van der Waals surface area contributed by atoms with E-state index in [-0.39, 0.29) is 35.1 Å². The molecule has 5 rings (SSSR count). The molecule has 2 aromatic carbocycles. The Bertz CT molecular complexity index is 2140. The van der Waals surface area contributed by atoms with Crippen molar-refractivity contribution < 1.29 is 42.5 Å². The Kier molecular flexibility index (Phi) is 10.4. The van der Waals surface area contributed by atoms with Crippen molar-refractivity contribution in [1.29, 1.82) is 0 Å². The van der Waals surface area contributed by atoms with Crippen molar-refractivity contribution in [3.63, 3.8) is 0 Å². The minimum Gasteiger partial charge on any atom is -0.494 e. The van der Waals surface area contributed by atoms with Gasteiger partial charge in [0.1, 0.15) is 17.0 Å². The zero-order valence-corrected chi connectivity index (χ0v) is 28.8. The number of methoxy groups -OCH3 is 3. The first-order valence-corrected chi connectivity index (χ1v) is 16.3. The Hall–Kier alpha value is -5.51. The lowest BCUT2D eigenvalue weighted by Gasteiger charge is -2.16. The Morgan fingerprint density at radius 3 is 2.38 bits per heavy atom. The maximum absolute atomic E-state index is 15.6. The Labute approximate surface area is 289 Å². The van der Waals surface area contributed by atoms with Crippen LogP contribution in [0.2, 0.25) is 0 Å². The first-order valence-electron chi connectivity index (χ1n) is 15.5. The highest BCUT2D eigenvalue weighted by molar-refractivity contribution is 7.19. The number of hydrogen-bond donors (Lipinski definition) is 3.